The van der Waals surface area contributed by atoms with Gasteiger partial charge in [0.2, 0.25) is 0 Å². The second-order valence-electron chi connectivity index (χ2n) is 11.1. The Morgan fingerprint density at radius 3 is 2.53 bits per heavy atom. The number of ether oxygens (including phenoxy) is 3. The Labute approximate surface area is 247 Å². The van der Waals surface area contributed by atoms with Crippen LogP contribution >= 0.6 is 7.75 Å². The predicted molar refractivity (Wildman–Crippen MR) is 151 cm³/mol. The van der Waals surface area contributed by atoms with E-state index in [1.807, 2.05) is 11.1 Å². The van der Waals surface area contributed by atoms with E-state index in [0.29, 0.717) is 0 Å². The first kappa shape index (κ1) is 32.6. The SMILES string of the molecule is CC(=O)O[C@@H]1[C@@H](CO[P@@](=O)(N[C@@H](C)C(=O)OC(C)C)Oc2ccc3c(c2)CCCC3)O[C@@H](n2ccc(=O)[nH]c2=O)[C@]1(C)F. The lowest BCUT2D eigenvalue weighted by molar-refractivity contribution is -0.155. The lowest BCUT2D eigenvalue weighted by Gasteiger charge is -2.28. The van der Waals surface area contributed by atoms with Crippen LogP contribution in [0.3, 0.4) is 0 Å². The minimum Gasteiger partial charge on any atom is -0.462 e. The molecule has 1 aromatic carbocycles. The molecule has 1 saturated heterocycles. The highest BCUT2D eigenvalue weighted by Gasteiger charge is 2.58. The van der Waals surface area contributed by atoms with E-state index < -0.39 is 73.8 Å². The minimum atomic E-state index is -4.40. The number of aromatic nitrogens is 2. The maximum atomic E-state index is 16.2. The van der Waals surface area contributed by atoms with Crippen LogP contribution in [0.1, 0.15) is 64.8 Å². The van der Waals surface area contributed by atoms with Crippen LogP contribution in [-0.2, 0) is 45.7 Å². The van der Waals surface area contributed by atoms with Gasteiger partial charge in [-0.25, -0.2) is 13.8 Å². The van der Waals surface area contributed by atoms with Gasteiger partial charge in [-0.3, -0.25) is 28.5 Å². The molecule has 2 N–H and O–H groups in total. The maximum Gasteiger partial charge on any atom is 0.459 e. The molecule has 13 nitrogen and oxygen atoms in total. The van der Waals surface area contributed by atoms with E-state index in [-0.39, 0.29) is 5.75 Å². The van der Waals surface area contributed by atoms with Crippen molar-refractivity contribution in [1.29, 1.82) is 0 Å². The van der Waals surface area contributed by atoms with Gasteiger partial charge in [0, 0.05) is 19.2 Å². The molecule has 0 unspecified atom stereocenters. The molecular formula is C28H37FN3O10P. The first-order valence-electron chi connectivity index (χ1n) is 14.1. The number of halogens is 1. The van der Waals surface area contributed by atoms with Gasteiger partial charge in [-0.05, 0) is 76.6 Å². The Hall–Kier alpha value is -3.32. The van der Waals surface area contributed by atoms with Crippen molar-refractivity contribution < 1.29 is 41.8 Å². The first-order chi connectivity index (χ1) is 20.2. The third kappa shape index (κ3) is 7.80. The molecule has 15 heteroatoms. The van der Waals surface area contributed by atoms with Crippen LogP contribution in [-0.4, -0.2) is 58.1 Å². The largest absolute Gasteiger partial charge is 0.462 e. The number of H-pyrrole nitrogens is 1. The van der Waals surface area contributed by atoms with Crippen LogP contribution in [0.4, 0.5) is 4.39 Å². The Balaban J connectivity index is 1.61. The highest BCUT2D eigenvalue weighted by Crippen LogP contribution is 2.48. The number of hydrogen-bond acceptors (Lipinski definition) is 10. The summed E-state index contributed by atoms with van der Waals surface area (Å²) in [7, 11) is -4.40. The fourth-order valence-electron chi connectivity index (χ4n) is 5.11. The van der Waals surface area contributed by atoms with E-state index in [4.69, 9.17) is 23.3 Å². The number of nitrogens with one attached hydrogen (secondary N) is 2. The van der Waals surface area contributed by atoms with Crippen LogP contribution < -0.4 is 20.9 Å². The molecule has 4 rings (SSSR count). The molecule has 0 spiro atoms. The number of aromatic amines is 1. The van der Waals surface area contributed by atoms with Gasteiger partial charge < -0.3 is 18.7 Å². The summed E-state index contributed by atoms with van der Waals surface area (Å²) in [6.07, 6.45) is -0.242. The molecular weight excluding hydrogens is 588 g/mol. The van der Waals surface area contributed by atoms with Crippen molar-refractivity contribution in [2.75, 3.05) is 6.61 Å². The first-order valence-corrected chi connectivity index (χ1v) is 15.6. The zero-order valence-corrected chi connectivity index (χ0v) is 25.6. The van der Waals surface area contributed by atoms with E-state index in [1.165, 1.54) is 6.92 Å². The zero-order chi connectivity index (χ0) is 31.5. The number of nitrogens with zero attached hydrogens (tertiary/aromatic N) is 1. The molecule has 0 radical (unpaired) electrons. The quantitative estimate of drug-likeness (QED) is 0.279. The normalized spacial score (nSPS) is 25.4. The number of hydrogen-bond donors (Lipinski definition) is 2. The fraction of sp³-hybridized carbons (Fsp3) is 0.571. The summed E-state index contributed by atoms with van der Waals surface area (Å²) in [6.45, 7) is 6.23. The summed E-state index contributed by atoms with van der Waals surface area (Å²) in [5, 5.41) is 2.57. The number of rotatable bonds is 11. The van der Waals surface area contributed by atoms with Crippen LogP contribution in [0, 0.1) is 0 Å². The number of alkyl halides is 1. The highest BCUT2D eigenvalue weighted by molar-refractivity contribution is 7.52. The Morgan fingerprint density at radius 2 is 1.88 bits per heavy atom. The Bertz CT molecular complexity index is 1510. The molecule has 0 amide bonds. The molecule has 0 saturated carbocycles. The molecule has 6 atom stereocenters. The number of benzene rings is 1. The molecule has 43 heavy (non-hydrogen) atoms. The van der Waals surface area contributed by atoms with Gasteiger partial charge in [0.05, 0.1) is 12.7 Å². The van der Waals surface area contributed by atoms with Gasteiger partial charge in [0.1, 0.15) is 17.9 Å². The lowest BCUT2D eigenvalue weighted by Crippen LogP contribution is -2.46. The van der Waals surface area contributed by atoms with E-state index >= 15 is 4.39 Å². The number of carbonyl (C=O) groups is 2. The highest BCUT2D eigenvalue weighted by atomic mass is 31.2. The molecule has 1 aliphatic heterocycles. The maximum absolute atomic E-state index is 16.2. The molecule has 1 aromatic heterocycles. The predicted octanol–water partition coefficient (Wildman–Crippen LogP) is 3.11. The summed E-state index contributed by atoms with van der Waals surface area (Å²) in [6, 6.07) is 5.15. The third-order valence-electron chi connectivity index (χ3n) is 7.09. The summed E-state index contributed by atoms with van der Waals surface area (Å²) >= 11 is 0. The van der Waals surface area contributed by atoms with Gasteiger partial charge in [0.25, 0.3) is 5.56 Å². The molecule has 2 aliphatic rings. The van der Waals surface area contributed by atoms with Crippen molar-refractivity contribution in [2.24, 2.45) is 0 Å². The minimum absolute atomic E-state index is 0.220. The van der Waals surface area contributed by atoms with Crippen LogP contribution in [0.5, 0.6) is 5.75 Å². The standard InChI is InChI=1S/C28H37FN3O10P/c1-16(2)39-25(35)17(3)31-43(37,42-21-11-10-19-8-6-7-9-20(19)14-21)38-15-22-24(40-18(4)33)28(5,29)26(41-22)32-13-12-23(34)30-27(32)36/h10-14,16-17,22,24,26H,6-9,15H2,1-5H3,(H,31,37)(H,30,34,36)/t17-,22+,24+,26+,28+,43-/m0/s1. The Kier molecular flexibility index (Phi) is 9.95. The number of fused-ring (bicyclic) bond motifs is 1. The van der Waals surface area contributed by atoms with Gasteiger partial charge >= 0.3 is 25.4 Å². The zero-order valence-electron chi connectivity index (χ0n) is 24.7. The fourth-order valence-corrected chi connectivity index (χ4v) is 6.61. The van der Waals surface area contributed by atoms with Crippen LogP contribution in [0.2, 0.25) is 0 Å². The molecule has 1 fully saturated rings. The van der Waals surface area contributed by atoms with Crippen molar-refractivity contribution in [1.82, 2.24) is 14.6 Å². The smallest absolute Gasteiger partial charge is 0.459 e. The molecule has 236 valence electrons. The average molecular weight is 626 g/mol. The van der Waals surface area contributed by atoms with Gasteiger partial charge in [-0.1, -0.05) is 6.07 Å². The third-order valence-corrected chi connectivity index (χ3v) is 8.73. The van der Waals surface area contributed by atoms with E-state index in [2.05, 4.69) is 5.09 Å². The summed E-state index contributed by atoms with van der Waals surface area (Å²) < 4.78 is 58.9. The molecule has 2 aromatic rings. The molecule has 0 bridgehead atoms. The summed E-state index contributed by atoms with van der Waals surface area (Å²) in [4.78, 5) is 50.5. The monoisotopic (exact) mass is 625 g/mol. The van der Waals surface area contributed by atoms with E-state index in [0.717, 1.165) is 67.5 Å². The average Bonchev–Trinajstić information content (AvgIpc) is 3.15. The van der Waals surface area contributed by atoms with Gasteiger partial charge in [-0.15, -0.1) is 0 Å². The van der Waals surface area contributed by atoms with E-state index in [1.54, 1.807) is 26.0 Å². The van der Waals surface area contributed by atoms with Crippen molar-refractivity contribution >= 4 is 19.7 Å². The van der Waals surface area contributed by atoms with Crippen molar-refractivity contribution in [3.8, 4) is 5.75 Å². The molecule has 2 heterocycles. The number of aryl methyl sites for hydroxylation is 2. The van der Waals surface area contributed by atoms with Gasteiger partial charge in [-0.2, -0.15) is 5.09 Å². The second kappa shape index (κ2) is 13.1. The second-order valence-corrected chi connectivity index (χ2v) is 12.8. The summed E-state index contributed by atoms with van der Waals surface area (Å²) in [5.41, 5.74) is -1.95. The van der Waals surface area contributed by atoms with Crippen molar-refractivity contribution in [3.63, 3.8) is 0 Å². The summed E-state index contributed by atoms with van der Waals surface area (Å²) in [5.74, 6) is -1.33. The van der Waals surface area contributed by atoms with Crippen molar-refractivity contribution in [3.05, 3.63) is 62.4 Å². The van der Waals surface area contributed by atoms with Gasteiger partial charge in [0.15, 0.2) is 18.0 Å². The van der Waals surface area contributed by atoms with E-state index in [9.17, 15) is 23.7 Å². The van der Waals surface area contributed by atoms with Crippen molar-refractivity contribution in [2.45, 2.75) is 96.6 Å². The Morgan fingerprint density at radius 1 is 1.19 bits per heavy atom. The van der Waals surface area contributed by atoms with Crippen LogP contribution in [0.25, 0.3) is 0 Å². The van der Waals surface area contributed by atoms with Crippen LogP contribution in [0.15, 0.2) is 40.1 Å². The number of carbonyl (C=O) groups excluding carboxylic acids is 2. The number of esters is 2. The topological polar surface area (TPSA) is 164 Å². The molecule has 1 aliphatic carbocycles. The lowest BCUT2D eigenvalue weighted by atomic mass is 9.92.